The normalized spacial score (nSPS) is 21.5. The number of sulfonamides is 1. The van der Waals surface area contributed by atoms with Crippen LogP contribution in [0.15, 0.2) is 23.1 Å². The van der Waals surface area contributed by atoms with Crippen molar-refractivity contribution in [1.82, 2.24) is 4.72 Å². The molecule has 19 heavy (non-hydrogen) atoms. The fraction of sp³-hybridized carbons (Fsp3) is 0.500. The zero-order valence-corrected chi connectivity index (χ0v) is 12.2. The van der Waals surface area contributed by atoms with E-state index in [1.807, 2.05) is 0 Å². The molecule has 3 N–H and O–H groups in total. The highest BCUT2D eigenvalue weighted by atomic mass is 35.5. The van der Waals surface area contributed by atoms with E-state index < -0.39 is 10.0 Å². The first-order valence-corrected chi connectivity index (χ1v) is 7.96. The fourth-order valence-electron chi connectivity index (χ4n) is 2.19. The van der Waals surface area contributed by atoms with Crippen LogP contribution in [-0.4, -0.2) is 27.2 Å². The fourth-order valence-corrected chi connectivity index (χ4v) is 4.13. The summed E-state index contributed by atoms with van der Waals surface area (Å²) in [5, 5.41) is 0.118. The van der Waals surface area contributed by atoms with Gasteiger partial charge in [-0.25, -0.2) is 13.1 Å². The average Bonchev–Trinajstić information content (AvgIpc) is 2.80. The molecule has 1 aliphatic rings. The Bertz CT molecular complexity index is 536. The number of nitrogen functional groups attached to an aromatic ring is 1. The third-order valence-electron chi connectivity index (χ3n) is 3.13. The van der Waals surface area contributed by atoms with Gasteiger partial charge in [-0.1, -0.05) is 17.7 Å². The second-order valence-corrected chi connectivity index (χ2v) is 6.68. The first-order chi connectivity index (χ1) is 8.92. The Kier molecular flexibility index (Phi) is 4.35. The smallest absolute Gasteiger partial charge is 0.244 e. The molecule has 106 valence electrons. The van der Waals surface area contributed by atoms with Gasteiger partial charge >= 0.3 is 0 Å². The van der Waals surface area contributed by atoms with E-state index in [0.29, 0.717) is 6.61 Å². The summed E-state index contributed by atoms with van der Waals surface area (Å²) in [6.07, 6.45) is 1.70. The molecule has 0 saturated carbocycles. The lowest BCUT2D eigenvalue weighted by Crippen LogP contribution is -2.41. The van der Waals surface area contributed by atoms with Crippen molar-refractivity contribution in [3.8, 4) is 0 Å². The molecule has 0 aromatic heterocycles. The van der Waals surface area contributed by atoms with Gasteiger partial charge in [0.25, 0.3) is 0 Å². The molecule has 0 bridgehead atoms. The minimum absolute atomic E-state index is 0.0680. The number of rotatable bonds is 4. The molecule has 0 spiro atoms. The Hall–Kier alpha value is -0.820. The van der Waals surface area contributed by atoms with E-state index in [1.54, 1.807) is 13.0 Å². The van der Waals surface area contributed by atoms with Gasteiger partial charge in [0.2, 0.25) is 10.0 Å². The molecule has 0 radical (unpaired) electrons. The van der Waals surface area contributed by atoms with Gasteiger partial charge in [-0.15, -0.1) is 0 Å². The van der Waals surface area contributed by atoms with Gasteiger partial charge in [0.15, 0.2) is 0 Å². The van der Waals surface area contributed by atoms with Crippen LogP contribution in [-0.2, 0) is 14.8 Å². The SMILES string of the molecule is CC(NS(=O)(=O)c1c(N)cccc1Cl)C1CCCO1. The summed E-state index contributed by atoms with van der Waals surface area (Å²) in [6, 6.07) is 4.31. The molecule has 7 heteroatoms. The van der Waals surface area contributed by atoms with Crippen LogP contribution in [0.4, 0.5) is 5.69 Å². The lowest BCUT2D eigenvalue weighted by Gasteiger charge is -2.20. The monoisotopic (exact) mass is 304 g/mol. The third kappa shape index (κ3) is 3.20. The van der Waals surface area contributed by atoms with Gasteiger partial charge in [-0.3, -0.25) is 0 Å². The second-order valence-electron chi connectivity index (χ2n) is 4.62. The quantitative estimate of drug-likeness (QED) is 0.831. The summed E-state index contributed by atoms with van der Waals surface area (Å²) in [5.41, 5.74) is 5.84. The maximum atomic E-state index is 12.3. The van der Waals surface area contributed by atoms with Crippen LogP contribution in [0.2, 0.25) is 5.02 Å². The number of anilines is 1. The van der Waals surface area contributed by atoms with Gasteiger partial charge in [0.1, 0.15) is 4.90 Å². The average molecular weight is 305 g/mol. The van der Waals surface area contributed by atoms with Gasteiger partial charge in [0.05, 0.1) is 16.8 Å². The van der Waals surface area contributed by atoms with Crippen LogP contribution in [0.3, 0.4) is 0 Å². The second kappa shape index (κ2) is 5.66. The molecular weight excluding hydrogens is 288 g/mol. The lowest BCUT2D eigenvalue weighted by atomic mass is 10.1. The number of nitrogens with one attached hydrogen (secondary N) is 1. The summed E-state index contributed by atoms with van der Waals surface area (Å²) >= 11 is 5.93. The minimum atomic E-state index is -3.75. The number of hydrogen-bond donors (Lipinski definition) is 2. The Morgan fingerprint density at radius 2 is 2.26 bits per heavy atom. The van der Waals surface area contributed by atoms with E-state index in [4.69, 9.17) is 22.1 Å². The first kappa shape index (κ1) is 14.6. The number of nitrogens with two attached hydrogens (primary N) is 1. The van der Waals surface area contributed by atoms with Crippen LogP contribution in [0.25, 0.3) is 0 Å². The first-order valence-electron chi connectivity index (χ1n) is 6.10. The summed E-state index contributed by atoms with van der Waals surface area (Å²) in [4.78, 5) is -0.0680. The zero-order chi connectivity index (χ0) is 14.0. The molecule has 1 aromatic carbocycles. The molecule has 0 aliphatic carbocycles. The Labute approximate surface area is 118 Å². The minimum Gasteiger partial charge on any atom is -0.398 e. The van der Waals surface area contributed by atoms with Crippen molar-refractivity contribution in [3.63, 3.8) is 0 Å². The van der Waals surface area contributed by atoms with E-state index in [0.717, 1.165) is 12.8 Å². The molecular formula is C12H17ClN2O3S. The number of benzene rings is 1. The highest BCUT2D eigenvalue weighted by molar-refractivity contribution is 7.89. The van der Waals surface area contributed by atoms with Crippen LogP contribution in [0.1, 0.15) is 19.8 Å². The molecule has 1 fully saturated rings. The molecule has 5 nitrogen and oxygen atoms in total. The number of hydrogen-bond acceptors (Lipinski definition) is 4. The van der Waals surface area contributed by atoms with Crippen molar-refractivity contribution in [2.24, 2.45) is 0 Å². The predicted molar refractivity (Wildman–Crippen MR) is 74.6 cm³/mol. The van der Waals surface area contributed by atoms with Crippen molar-refractivity contribution < 1.29 is 13.2 Å². The van der Waals surface area contributed by atoms with E-state index in [1.165, 1.54) is 12.1 Å². The molecule has 1 saturated heterocycles. The predicted octanol–water partition coefficient (Wildman–Crippen LogP) is 1.77. The van der Waals surface area contributed by atoms with Crippen LogP contribution in [0, 0.1) is 0 Å². The van der Waals surface area contributed by atoms with Gasteiger partial charge in [0, 0.05) is 12.6 Å². The van der Waals surface area contributed by atoms with Crippen molar-refractivity contribution in [3.05, 3.63) is 23.2 Å². The molecule has 1 heterocycles. The van der Waals surface area contributed by atoms with Crippen molar-refractivity contribution >= 4 is 27.3 Å². The summed E-state index contributed by atoms with van der Waals surface area (Å²) < 4.78 is 32.7. The van der Waals surface area contributed by atoms with E-state index in [-0.39, 0.29) is 27.8 Å². The van der Waals surface area contributed by atoms with Gasteiger partial charge < -0.3 is 10.5 Å². The third-order valence-corrected chi connectivity index (χ3v) is 5.23. The zero-order valence-electron chi connectivity index (χ0n) is 10.6. The highest BCUT2D eigenvalue weighted by Crippen LogP contribution is 2.27. The highest BCUT2D eigenvalue weighted by Gasteiger charge is 2.29. The van der Waals surface area contributed by atoms with Crippen LogP contribution in [0.5, 0.6) is 0 Å². The molecule has 2 atom stereocenters. The maximum Gasteiger partial charge on any atom is 0.244 e. The van der Waals surface area contributed by atoms with Gasteiger partial charge in [-0.05, 0) is 31.9 Å². The van der Waals surface area contributed by atoms with Crippen molar-refractivity contribution in [2.45, 2.75) is 36.8 Å². The number of halogens is 1. The molecule has 2 rings (SSSR count). The topological polar surface area (TPSA) is 81.4 Å². The molecule has 0 amide bonds. The lowest BCUT2D eigenvalue weighted by molar-refractivity contribution is 0.0902. The molecule has 1 aliphatic heterocycles. The Morgan fingerprint density at radius 1 is 1.53 bits per heavy atom. The number of ether oxygens (including phenoxy) is 1. The summed E-state index contributed by atoms with van der Waals surface area (Å²) in [7, 11) is -3.75. The maximum absolute atomic E-state index is 12.3. The van der Waals surface area contributed by atoms with E-state index in [2.05, 4.69) is 4.72 Å². The van der Waals surface area contributed by atoms with Gasteiger partial charge in [-0.2, -0.15) is 0 Å². The Balaban J connectivity index is 2.22. The van der Waals surface area contributed by atoms with Crippen molar-refractivity contribution in [1.29, 1.82) is 0 Å². The molecule has 2 unspecified atom stereocenters. The Morgan fingerprint density at radius 3 is 2.84 bits per heavy atom. The standard InChI is InChI=1S/C12H17ClN2O3S/c1-8(11-6-3-7-18-11)15-19(16,17)12-9(13)4-2-5-10(12)14/h2,4-5,8,11,15H,3,6-7,14H2,1H3. The van der Waals surface area contributed by atoms with E-state index >= 15 is 0 Å². The van der Waals surface area contributed by atoms with Crippen LogP contribution >= 0.6 is 11.6 Å². The summed E-state index contributed by atoms with van der Waals surface area (Å²) in [6.45, 7) is 2.45. The van der Waals surface area contributed by atoms with Crippen molar-refractivity contribution in [2.75, 3.05) is 12.3 Å². The molecule has 1 aromatic rings. The summed E-state index contributed by atoms with van der Waals surface area (Å²) in [5.74, 6) is 0. The largest absolute Gasteiger partial charge is 0.398 e. The van der Waals surface area contributed by atoms with Crippen LogP contribution < -0.4 is 10.5 Å². The van der Waals surface area contributed by atoms with E-state index in [9.17, 15) is 8.42 Å².